The number of amides is 1. The van der Waals surface area contributed by atoms with Gasteiger partial charge in [0, 0.05) is 13.1 Å². The highest BCUT2D eigenvalue weighted by atomic mass is 16.6. The average Bonchev–Trinajstić information content (AvgIpc) is 2.77. The van der Waals surface area contributed by atoms with Crippen LogP contribution in [0, 0.1) is 11.3 Å². The summed E-state index contributed by atoms with van der Waals surface area (Å²) >= 11 is 0. The van der Waals surface area contributed by atoms with Crippen LogP contribution < -0.4 is 4.74 Å². The maximum atomic E-state index is 12.2. The van der Waals surface area contributed by atoms with Crippen LogP contribution in [0.25, 0.3) is 5.57 Å². The minimum absolute atomic E-state index is 0.227. The summed E-state index contributed by atoms with van der Waals surface area (Å²) in [7, 11) is 0. The van der Waals surface area contributed by atoms with E-state index in [0.29, 0.717) is 24.4 Å². The predicted octanol–water partition coefficient (Wildman–Crippen LogP) is 2.80. The number of rotatable bonds is 6. The van der Waals surface area contributed by atoms with Crippen molar-refractivity contribution in [2.45, 2.75) is 6.42 Å². The van der Waals surface area contributed by atoms with E-state index in [2.05, 4.69) is 12.1 Å². The van der Waals surface area contributed by atoms with Gasteiger partial charge in [0.05, 0.1) is 11.6 Å². The SMILES string of the molecule is N#Cc1ccc(OCC(=O)OCC(=O)N2CC=C(c3ccccc3)CC2)cc1. The maximum absolute atomic E-state index is 12.2. The Balaban J connectivity index is 1.41. The van der Waals surface area contributed by atoms with Gasteiger partial charge < -0.3 is 14.4 Å². The zero-order valence-corrected chi connectivity index (χ0v) is 15.3. The molecule has 0 aromatic heterocycles. The van der Waals surface area contributed by atoms with Crippen LogP contribution in [0.2, 0.25) is 0 Å². The molecule has 0 N–H and O–H groups in total. The van der Waals surface area contributed by atoms with Gasteiger partial charge in [-0.15, -0.1) is 0 Å². The van der Waals surface area contributed by atoms with Gasteiger partial charge in [0.25, 0.3) is 5.91 Å². The molecule has 6 heteroatoms. The fourth-order valence-corrected chi connectivity index (χ4v) is 2.85. The van der Waals surface area contributed by atoms with Gasteiger partial charge in [0.15, 0.2) is 13.2 Å². The molecule has 1 aliphatic rings. The van der Waals surface area contributed by atoms with E-state index in [9.17, 15) is 9.59 Å². The van der Waals surface area contributed by atoms with Crippen molar-refractivity contribution in [2.24, 2.45) is 0 Å². The summed E-state index contributed by atoms with van der Waals surface area (Å²) in [4.78, 5) is 25.7. The molecular formula is C22H20N2O4. The highest BCUT2D eigenvalue weighted by Gasteiger charge is 2.19. The highest BCUT2D eigenvalue weighted by molar-refractivity contribution is 5.82. The van der Waals surface area contributed by atoms with Gasteiger partial charge >= 0.3 is 5.97 Å². The molecule has 2 aromatic carbocycles. The lowest BCUT2D eigenvalue weighted by Gasteiger charge is -2.26. The summed E-state index contributed by atoms with van der Waals surface area (Å²) < 4.78 is 10.3. The standard InChI is InChI=1S/C22H20N2O4/c23-14-17-6-8-20(9-7-17)27-16-22(26)28-15-21(25)24-12-10-19(11-13-24)18-4-2-1-3-5-18/h1-10H,11-13,15-16H2. The minimum Gasteiger partial charge on any atom is -0.482 e. The second kappa shape index (κ2) is 9.38. The molecule has 0 spiro atoms. The molecule has 1 amide bonds. The third kappa shape index (κ3) is 5.21. The van der Waals surface area contributed by atoms with Crippen molar-refractivity contribution in [3.8, 4) is 11.8 Å². The first-order valence-electron chi connectivity index (χ1n) is 8.96. The van der Waals surface area contributed by atoms with Gasteiger partial charge in [-0.1, -0.05) is 36.4 Å². The predicted molar refractivity (Wildman–Crippen MR) is 103 cm³/mol. The van der Waals surface area contributed by atoms with Crippen molar-refractivity contribution in [3.05, 3.63) is 71.8 Å². The van der Waals surface area contributed by atoms with Crippen LogP contribution in [0.3, 0.4) is 0 Å². The zero-order chi connectivity index (χ0) is 19.8. The normalized spacial score (nSPS) is 13.2. The van der Waals surface area contributed by atoms with Gasteiger partial charge in [-0.25, -0.2) is 4.79 Å². The number of carbonyl (C=O) groups excluding carboxylic acids is 2. The summed E-state index contributed by atoms with van der Waals surface area (Å²) in [5.41, 5.74) is 2.89. The summed E-state index contributed by atoms with van der Waals surface area (Å²) in [6.45, 7) is 0.502. The van der Waals surface area contributed by atoms with Crippen LogP contribution in [0.5, 0.6) is 5.75 Å². The summed E-state index contributed by atoms with van der Waals surface area (Å²) in [5.74, 6) is -0.387. The number of benzene rings is 2. The molecule has 0 saturated heterocycles. The van der Waals surface area contributed by atoms with E-state index >= 15 is 0 Å². The van der Waals surface area contributed by atoms with Crippen molar-refractivity contribution in [1.29, 1.82) is 5.26 Å². The second-order valence-electron chi connectivity index (χ2n) is 6.27. The Bertz CT molecular complexity index is 898. The van der Waals surface area contributed by atoms with Crippen LogP contribution in [0.15, 0.2) is 60.7 Å². The van der Waals surface area contributed by atoms with E-state index in [1.807, 2.05) is 30.3 Å². The Labute approximate surface area is 163 Å². The number of carbonyl (C=O) groups is 2. The molecule has 0 aliphatic carbocycles. The van der Waals surface area contributed by atoms with Crippen molar-refractivity contribution in [2.75, 3.05) is 26.3 Å². The van der Waals surface area contributed by atoms with Gasteiger partial charge in [-0.3, -0.25) is 4.79 Å². The Hall–Kier alpha value is -3.59. The first-order chi connectivity index (χ1) is 13.7. The number of ether oxygens (including phenoxy) is 2. The molecule has 0 fully saturated rings. The largest absolute Gasteiger partial charge is 0.482 e. The van der Waals surface area contributed by atoms with E-state index < -0.39 is 5.97 Å². The van der Waals surface area contributed by atoms with Crippen molar-refractivity contribution >= 4 is 17.4 Å². The molecule has 6 nitrogen and oxygen atoms in total. The summed E-state index contributed by atoms with van der Waals surface area (Å²) in [6.07, 6.45) is 2.80. The van der Waals surface area contributed by atoms with Crippen LogP contribution in [0.1, 0.15) is 17.5 Å². The topological polar surface area (TPSA) is 79.6 Å². The van der Waals surface area contributed by atoms with Gasteiger partial charge in [-0.2, -0.15) is 5.26 Å². The molecule has 28 heavy (non-hydrogen) atoms. The van der Waals surface area contributed by atoms with Gasteiger partial charge in [0.1, 0.15) is 5.75 Å². The number of esters is 1. The smallest absolute Gasteiger partial charge is 0.344 e. The number of nitrogens with zero attached hydrogens (tertiary/aromatic N) is 2. The van der Waals surface area contributed by atoms with E-state index in [1.54, 1.807) is 29.2 Å². The molecular weight excluding hydrogens is 356 g/mol. The second-order valence-corrected chi connectivity index (χ2v) is 6.27. The Morgan fingerprint density at radius 1 is 1.04 bits per heavy atom. The Morgan fingerprint density at radius 3 is 2.43 bits per heavy atom. The van der Waals surface area contributed by atoms with E-state index in [0.717, 1.165) is 6.42 Å². The fraction of sp³-hybridized carbons (Fsp3) is 0.227. The fourth-order valence-electron chi connectivity index (χ4n) is 2.85. The number of hydrogen-bond acceptors (Lipinski definition) is 5. The van der Waals surface area contributed by atoms with Crippen molar-refractivity contribution < 1.29 is 19.1 Å². The average molecular weight is 376 g/mol. The summed E-state index contributed by atoms with van der Waals surface area (Å²) in [5, 5.41) is 8.74. The molecule has 1 heterocycles. The van der Waals surface area contributed by atoms with Crippen molar-refractivity contribution in [1.82, 2.24) is 4.90 Å². The molecule has 0 radical (unpaired) electrons. The monoisotopic (exact) mass is 376 g/mol. The summed E-state index contributed by atoms with van der Waals surface area (Å²) in [6, 6.07) is 18.5. The first-order valence-corrected chi connectivity index (χ1v) is 8.96. The van der Waals surface area contributed by atoms with Gasteiger partial charge in [-0.05, 0) is 41.8 Å². The Kier molecular flexibility index (Phi) is 6.42. The van der Waals surface area contributed by atoms with Crippen LogP contribution in [-0.4, -0.2) is 43.1 Å². The molecule has 142 valence electrons. The molecule has 2 aromatic rings. The molecule has 0 bridgehead atoms. The zero-order valence-electron chi connectivity index (χ0n) is 15.3. The van der Waals surface area contributed by atoms with E-state index in [1.165, 1.54) is 11.1 Å². The Morgan fingerprint density at radius 2 is 1.79 bits per heavy atom. The van der Waals surface area contributed by atoms with E-state index in [4.69, 9.17) is 14.7 Å². The quantitative estimate of drug-likeness (QED) is 0.725. The van der Waals surface area contributed by atoms with Crippen LogP contribution in [-0.2, 0) is 14.3 Å². The third-order valence-corrected chi connectivity index (χ3v) is 4.40. The lowest BCUT2D eigenvalue weighted by molar-refractivity contribution is -0.153. The number of nitriles is 1. The van der Waals surface area contributed by atoms with Crippen LogP contribution in [0.4, 0.5) is 0 Å². The molecule has 1 aliphatic heterocycles. The molecule has 0 saturated carbocycles. The third-order valence-electron chi connectivity index (χ3n) is 4.40. The highest BCUT2D eigenvalue weighted by Crippen LogP contribution is 2.22. The molecule has 0 unspecified atom stereocenters. The lowest BCUT2D eigenvalue weighted by atomic mass is 10.00. The van der Waals surface area contributed by atoms with E-state index in [-0.39, 0.29) is 19.1 Å². The van der Waals surface area contributed by atoms with Gasteiger partial charge in [0.2, 0.25) is 0 Å². The maximum Gasteiger partial charge on any atom is 0.344 e. The minimum atomic E-state index is -0.616. The van der Waals surface area contributed by atoms with Crippen molar-refractivity contribution in [3.63, 3.8) is 0 Å². The van der Waals surface area contributed by atoms with Crippen LogP contribution >= 0.6 is 0 Å². The lowest BCUT2D eigenvalue weighted by Crippen LogP contribution is -2.38. The first kappa shape index (κ1) is 19.2. The molecule has 3 rings (SSSR count). The molecule has 0 atom stereocenters. The number of hydrogen-bond donors (Lipinski definition) is 0.